The molecule has 2 amide bonds. The van der Waals surface area contributed by atoms with Gasteiger partial charge in [-0.25, -0.2) is 24.5 Å². The number of anilines is 2. The Morgan fingerprint density at radius 3 is 2.63 bits per heavy atom. The predicted molar refractivity (Wildman–Crippen MR) is 167 cm³/mol. The highest BCUT2D eigenvalue weighted by Gasteiger charge is 2.25. The van der Waals surface area contributed by atoms with Crippen LogP contribution in [0.5, 0.6) is 0 Å². The molecule has 0 radical (unpaired) electrons. The molecule has 0 bridgehead atoms. The van der Waals surface area contributed by atoms with E-state index in [1.165, 1.54) is 11.3 Å². The first-order chi connectivity index (χ1) is 20.8. The minimum atomic E-state index is -1.19. The second-order valence-electron chi connectivity index (χ2n) is 10.3. The Labute approximate surface area is 248 Å². The Morgan fingerprint density at radius 1 is 0.953 bits per heavy atom. The van der Waals surface area contributed by atoms with E-state index in [9.17, 15) is 19.5 Å². The number of hydrogen-bond acceptors (Lipinski definition) is 7. The van der Waals surface area contributed by atoms with Crippen molar-refractivity contribution in [2.45, 2.75) is 19.8 Å². The Kier molecular flexibility index (Phi) is 6.43. The number of nitrogens with zero attached hydrogens (tertiary/aromatic N) is 4. The lowest BCUT2D eigenvalue weighted by atomic mass is 9.97. The summed E-state index contributed by atoms with van der Waals surface area (Å²) in [6.45, 7) is 2.24. The molecule has 212 valence electrons. The number of benzene rings is 3. The average molecular weight is 589 g/mol. The Balaban J connectivity index is 1.23. The van der Waals surface area contributed by atoms with Gasteiger partial charge in [0.2, 0.25) is 0 Å². The first-order valence-electron chi connectivity index (χ1n) is 13.7. The number of rotatable bonds is 4. The predicted octanol–water partition coefficient (Wildman–Crippen LogP) is 6.25. The quantitative estimate of drug-likeness (QED) is 0.221. The third kappa shape index (κ3) is 4.89. The standard InChI is InChI=1S/C32H24N6O4S/c1-17-33-24-12-10-19(15-22(24)29(39)34-17)21-11-13-23(35-28(21)30(40)41)20-9-8-18-5-4-14-38(26(18)16-20)32(42)37-31-36-25-6-2-3-7-27(25)43-31/h2-3,6-13,15-16H,4-5,14H2,1H3,(H,40,41)(H,33,34,39)(H,36,37,42). The number of para-hydroxylation sites is 1. The van der Waals surface area contributed by atoms with E-state index in [0.29, 0.717) is 50.8 Å². The van der Waals surface area contributed by atoms with Crippen LogP contribution in [0.2, 0.25) is 0 Å². The maximum absolute atomic E-state index is 13.4. The van der Waals surface area contributed by atoms with Gasteiger partial charge in [0.15, 0.2) is 10.8 Å². The zero-order valence-corrected chi connectivity index (χ0v) is 23.7. The van der Waals surface area contributed by atoms with Gasteiger partial charge < -0.3 is 10.1 Å². The summed E-state index contributed by atoms with van der Waals surface area (Å²) in [5, 5.41) is 13.9. The summed E-state index contributed by atoms with van der Waals surface area (Å²) < 4.78 is 0.991. The van der Waals surface area contributed by atoms with Crippen molar-refractivity contribution in [1.29, 1.82) is 0 Å². The van der Waals surface area contributed by atoms with Gasteiger partial charge in [-0.3, -0.25) is 15.0 Å². The molecule has 0 saturated heterocycles. The van der Waals surface area contributed by atoms with Gasteiger partial charge in [-0.1, -0.05) is 41.7 Å². The van der Waals surface area contributed by atoms with Gasteiger partial charge in [-0.2, -0.15) is 0 Å². The molecule has 11 heteroatoms. The average Bonchev–Trinajstić information content (AvgIpc) is 3.42. The van der Waals surface area contributed by atoms with Gasteiger partial charge in [-0.05, 0) is 73.4 Å². The lowest BCUT2D eigenvalue weighted by molar-refractivity contribution is 0.0691. The van der Waals surface area contributed by atoms with Gasteiger partial charge in [0.05, 0.1) is 26.8 Å². The number of urea groups is 1. The van der Waals surface area contributed by atoms with Crippen molar-refractivity contribution in [3.63, 3.8) is 0 Å². The van der Waals surface area contributed by atoms with E-state index in [0.717, 1.165) is 34.3 Å². The molecule has 0 atom stereocenters. The first-order valence-corrected chi connectivity index (χ1v) is 14.5. The molecule has 0 saturated carbocycles. The van der Waals surface area contributed by atoms with Crippen molar-refractivity contribution in [3.05, 3.63) is 100 Å². The normalized spacial score (nSPS) is 12.8. The number of carboxylic acids is 1. The number of carbonyl (C=O) groups is 2. The van der Waals surface area contributed by atoms with E-state index in [4.69, 9.17) is 0 Å². The molecule has 0 aliphatic carbocycles. The lowest BCUT2D eigenvalue weighted by Gasteiger charge is -2.29. The molecule has 4 heterocycles. The maximum Gasteiger partial charge on any atom is 0.355 e. The summed E-state index contributed by atoms with van der Waals surface area (Å²) in [7, 11) is 0. The number of pyridine rings is 1. The molecular formula is C32H24N6O4S. The lowest BCUT2D eigenvalue weighted by Crippen LogP contribution is -2.38. The van der Waals surface area contributed by atoms with Crippen molar-refractivity contribution < 1.29 is 14.7 Å². The van der Waals surface area contributed by atoms with E-state index in [1.54, 1.807) is 42.2 Å². The number of aromatic carboxylic acids is 1. The fraction of sp³-hybridized carbons (Fsp3) is 0.125. The summed E-state index contributed by atoms with van der Waals surface area (Å²) in [4.78, 5) is 56.0. The Bertz CT molecular complexity index is 2120. The fourth-order valence-corrected chi connectivity index (χ4v) is 6.32. The Hall–Kier alpha value is -5.42. The van der Waals surface area contributed by atoms with E-state index in [2.05, 4.69) is 25.3 Å². The van der Waals surface area contributed by atoms with Crippen molar-refractivity contribution in [2.24, 2.45) is 0 Å². The van der Waals surface area contributed by atoms with E-state index < -0.39 is 5.97 Å². The summed E-state index contributed by atoms with van der Waals surface area (Å²) in [6, 6.07) is 21.7. The number of carbonyl (C=O) groups excluding carboxylic acids is 1. The van der Waals surface area contributed by atoms with Crippen LogP contribution in [0.3, 0.4) is 0 Å². The van der Waals surface area contributed by atoms with E-state index in [1.807, 2.05) is 42.5 Å². The monoisotopic (exact) mass is 588 g/mol. The molecule has 43 heavy (non-hydrogen) atoms. The molecule has 6 aromatic rings. The van der Waals surface area contributed by atoms with Crippen molar-refractivity contribution >= 4 is 55.3 Å². The molecule has 0 fully saturated rings. The summed E-state index contributed by atoms with van der Waals surface area (Å²) in [5.74, 6) is -0.692. The van der Waals surface area contributed by atoms with Crippen LogP contribution in [0.1, 0.15) is 28.3 Å². The number of carboxylic acid groups (broad SMARTS) is 1. The second-order valence-corrected chi connectivity index (χ2v) is 11.3. The van der Waals surface area contributed by atoms with Crippen LogP contribution >= 0.6 is 11.3 Å². The highest BCUT2D eigenvalue weighted by Crippen LogP contribution is 2.34. The highest BCUT2D eigenvalue weighted by molar-refractivity contribution is 7.22. The molecule has 1 aliphatic rings. The van der Waals surface area contributed by atoms with Crippen molar-refractivity contribution in [2.75, 3.05) is 16.8 Å². The van der Waals surface area contributed by atoms with Crippen LogP contribution in [0.25, 0.3) is 43.5 Å². The van der Waals surface area contributed by atoms with Crippen LogP contribution in [0.15, 0.2) is 77.6 Å². The fourth-order valence-electron chi connectivity index (χ4n) is 5.47. The largest absolute Gasteiger partial charge is 0.476 e. The topological polar surface area (TPSA) is 141 Å². The zero-order chi connectivity index (χ0) is 29.7. The van der Waals surface area contributed by atoms with Gasteiger partial charge in [0, 0.05) is 23.4 Å². The molecule has 7 rings (SSSR count). The second kappa shape index (κ2) is 10.4. The number of aromatic nitrogens is 4. The summed E-state index contributed by atoms with van der Waals surface area (Å²) >= 11 is 1.42. The SMILES string of the molecule is Cc1nc2ccc(-c3ccc(-c4ccc5c(c4)N(C(=O)Nc4nc6ccccc6s4)CCC5)nc3C(=O)O)cc2c(=O)[nH]1. The molecule has 0 spiro atoms. The minimum Gasteiger partial charge on any atom is -0.476 e. The van der Waals surface area contributed by atoms with Crippen molar-refractivity contribution in [3.8, 4) is 22.4 Å². The minimum absolute atomic E-state index is 0.142. The summed E-state index contributed by atoms with van der Waals surface area (Å²) in [6.07, 6.45) is 1.64. The number of amides is 2. The summed E-state index contributed by atoms with van der Waals surface area (Å²) in [5.41, 5.74) is 4.76. The zero-order valence-electron chi connectivity index (χ0n) is 22.9. The molecule has 3 aromatic heterocycles. The molecule has 10 nitrogen and oxygen atoms in total. The van der Waals surface area contributed by atoms with Crippen LogP contribution < -0.4 is 15.8 Å². The van der Waals surface area contributed by atoms with Gasteiger partial charge in [0.25, 0.3) is 5.56 Å². The van der Waals surface area contributed by atoms with Gasteiger partial charge in [-0.15, -0.1) is 0 Å². The number of nitrogens with one attached hydrogen (secondary N) is 2. The van der Waals surface area contributed by atoms with Gasteiger partial charge >= 0.3 is 12.0 Å². The van der Waals surface area contributed by atoms with Crippen LogP contribution in [-0.2, 0) is 6.42 Å². The number of aryl methyl sites for hydroxylation is 2. The number of H-pyrrole nitrogens is 1. The molecule has 0 unspecified atom stereocenters. The van der Waals surface area contributed by atoms with Gasteiger partial charge in [0.1, 0.15) is 5.82 Å². The highest BCUT2D eigenvalue weighted by atomic mass is 32.1. The van der Waals surface area contributed by atoms with E-state index >= 15 is 0 Å². The van der Waals surface area contributed by atoms with E-state index in [-0.39, 0.29) is 17.3 Å². The number of thiazole rings is 1. The van der Waals surface area contributed by atoms with Crippen LogP contribution in [0, 0.1) is 6.92 Å². The molecular weight excluding hydrogens is 564 g/mol. The maximum atomic E-state index is 13.4. The number of hydrogen-bond donors (Lipinski definition) is 3. The number of fused-ring (bicyclic) bond motifs is 3. The van der Waals surface area contributed by atoms with Crippen LogP contribution in [-0.4, -0.2) is 43.6 Å². The molecule has 1 aliphatic heterocycles. The smallest absolute Gasteiger partial charge is 0.355 e. The third-order valence-corrected chi connectivity index (χ3v) is 8.44. The molecule has 3 N–H and O–H groups in total. The number of aromatic amines is 1. The molecule has 3 aromatic carbocycles. The Morgan fingerprint density at radius 2 is 1.79 bits per heavy atom. The van der Waals surface area contributed by atoms with Crippen LogP contribution in [0.4, 0.5) is 15.6 Å². The first kappa shape index (κ1) is 26.5. The van der Waals surface area contributed by atoms with Crippen molar-refractivity contribution in [1.82, 2.24) is 19.9 Å². The third-order valence-electron chi connectivity index (χ3n) is 7.49.